The van der Waals surface area contributed by atoms with Gasteiger partial charge in [0.2, 0.25) is 0 Å². The molecule has 0 radical (unpaired) electrons. The van der Waals surface area contributed by atoms with Gasteiger partial charge >= 0.3 is 0 Å². The summed E-state index contributed by atoms with van der Waals surface area (Å²) >= 11 is 0. The van der Waals surface area contributed by atoms with Crippen molar-refractivity contribution in [2.45, 2.75) is 46.2 Å². The number of hydrogen-bond acceptors (Lipinski definition) is 2. The molecule has 1 fully saturated rings. The van der Waals surface area contributed by atoms with Crippen molar-refractivity contribution in [1.82, 2.24) is 5.32 Å². The molecule has 0 aromatic heterocycles. The minimum absolute atomic E-state index is 0.656. The molecule has 1 saturated carbocycles. The van der Waals surface area contributed by atoms with E-state index in [9.17, 15) is 0 Å². The molecule has 2 heteroatoms. The first-order valence-corrected chi connectivity index (χ1v) is 6.75. The van der Waals surface area contributed by atoms with Crippen molar-refractivity contribution in [2.75, 3.05) is 6.61 Å². The topological polar surface area (TPSA) is 21.3 Å². The summed E-state index contributed by atoms with van der Waals surface area (Å²) in [4.78, 5) is 0. The van der Waals surface area contributed by atoms with Gasteiger partial charge in [-0.05, 0) is 45.3 Å². The van der Waals surface area contributed by atoms with E-state index in [1.54, 1.807) is 0 Å². The van der Waals surface area contributed by atoms with Crippen molar-refractivity contribution in [2.24, 2.45) is 0 Å². The third-order valence-corrected chi connectivity index (χ3v) is 3.17. The Morgan fingerprint density at radius 1 is 1.39 bits per heavy atom. The van der Waals surface area contributed by atoms with Gasteiger partial charge in [0.25, 0.3) is 0 Å². The van der Waals surface area contributed by atoms with Crippen molar-refractivity contribution in [1.29, 1.82) is 0 Å². The molecule has 1 N–H and O–H groups in total. The molecule has 1 aromatic rings. The minimum atomic E-state index is 0.656. The van der Waals surface area contributed by atoms with Gasteiger partial charge in [0.05, 0.1) is 0 Å². The zero-order valence-electron chi connectivity index (χ0n) is 11.6. The second-order valence-electron chi connectivity index (χ2n) is 5.31. The van der Waals surface area contributed by atoms with Crippen LogP contribution in [0.5, 0.6) is 5.75 Å². The fourth-order valence-electron chi connectivity index (χ4n) is 1.89. The minimum Gasteiger partial charge on any atom is -0.489 e. The second kappa shape index (κ2) is 6.05. The normalized spacial score (nSPS) is 14.4. The van der Waals surface area contributed by atoms with Gasteiger partial charge in [-0.1, -0.05) is 23.8 Å². The zero-order valence-corrected chi connectivity index (χ0v) is 11.6. The number of allylic oxidation sites excluding steroid dienone is 1. The van der Waals surface area contributed by atoms with Crippen molar-refractivity contribution < 1.29 is 4.74 Å². The Hall–Kier alpha value is -1.28. The Kier molecular flexibility index (Phi) is 4.43. The van der Waals surface area contributed by atoms with E-state index in [2.05, 4.69) is 50.4 Å². The van der Waals surface area contributed by atoms with Crippen LogP contribution in [0.1, 0.15) is 37.8 Å². The van der Waals surface area contributed by atoms with E-state index in [1.165, 1.54) is 29.5 Å². The summed E-state index contributed by atoms with van der Waals surface area (Å²) in [5, 5.41) is 3.54. The molecule has 0 amide bonds. The molecule has 2 nitrogen and oxygen atoms in total. The van der Waals surface area contributed by atoms with Gasteiger partial charge < -0.3 is 10.1 Å². The van der Waals surface area contributed by atoms with E-state index in [0.29, 0.717) is 6.61 Å². The summed E-state index contributed by atoms with van der Waals surface area (Å²) in [5.41, 5.74) is 3.78. The molecule has 1 aromatic carbocycles. The average molecular weight is 245 g/mol. The van der Waals surface area contributed by atoms with E-state index in [-0.39, 0.29) is 0 Å². The highest BCUT2D eigenvalue weighted by Crippen LogP contribution is 2.25. The molecule has 18 heavy (non-hydrogen) atoms. The van der Waals surface area contributed by atoms with Crippen LogP contribution in [0.3, 0.4) is 0 Å². The van der Waals surface area contributed by atoms with Crippen molar-refractivity contribution in [3.8, 4) is 5.75 Å². The Morgan fingerprint density at radius 2 is 2.17 bits per heavy atom. The van der Waals surface area contributed by atoms with Gasteiger partial charge in [0.15, 0.2) is 0 Å². The molecule has 0 heterocycles. The van der Waals surface area contributed by atoms with Gasteiger partial charge in [0, 0.05) is 18.2 Å². The first kappa shape index (κ1) is 13.2. The maximum Gasteiger partial charge on any atom is 0.127 e. The van der Waals surface area contributed by atoms with Crippen LogP contribution >= 0.6 is 0 Å². The molecule has 0 atom stereocenters. The number of aryl methyl sites for hydroxylation is 1. The predicted molar refractivity (Wildman–Crippen MR) is 76.0 cm³/mol. The molecule has 98 valence electrons. The second-order valence-corrected chi connectivity index (χ2v) is 5.31. The third kappa shape index (κ3) is 3.88. The smallest absolute Gasteiger partial charge is 0.127 e. The number of nitrogens with one attached hydrogen (secondary N) is 1. The lowest BCUT2D eigenvalue weighted by molar-refractivity contribution is 0.354. The number of benzene rings is 1. The molecule has 1 aliphatic rings. The maximum atomic E-state index is 5.92. The summed E-state index contributed by atoms with van der Waals surface area (Å²) in [7, 11) is 0. The summed E-state index contributed by atoms with van der Waals surface area (Å²) in [5.74, 6) is 1.04. The molecule has 0 aliphatic heterocycles. The number of ether oxygens (including phenoxy) is 1. The lowest BCUT2D eigenvalue weighted by Crippen LogP contribution is -2.16. The van der Waals surface area contributed by atoms with Gasteiger partial charge in [-0.25, -0.2) is 0 Å². The number of rotatable bonds is 6. The summed E-state index contributed by atoms with van der Waals surface area (Å²) in [6, 6.07) is 7.10. The van der Waals surface area contributed by atoms with Crippen LogP contribution in [-0.2, 0) is 6.54 Å². The van der Waals surface area contributed by atoms with E-state index in [0.717, 1.165) is 18.3 Å². The molecular weight excluding hydrogens is 222 g/mol. The quantitative estimate of drug-likeness (QED) is 0.773. The van der Waals surface area contributed by atoms with E-state index in [1.807, 2.05) is 0 Å². The third-order valence-electron chi connectivity index (χ3n) is 3.17. The molecule has 0 saturated heterocycles. The molecule has 0 unspecified atom stereocenters. The summed E-state index contributed by atoms with van der Waals surface area (Å²) in [6.45, 7) is 7.87. The number of para-hydroxylation sites is 1. The van der Waals surface area contributed by atoms with Crippen LogP contribution in [0.2, 0.25) is 0 Å². The van der Waals surface area contributed by atoms with Crippen LogP contribution in [-0.4, -0.2) is 12.6 Å². The first-order chi connectivity index (χ1) is 8.66. The Balaban J connectivity index is 2.02. The van der Waals surface area contributed by atoms with Gasteiger partial charge in [0.1, 0.15) is 12.4 Å². The summed E-state index contributed by atoms with van der Waals surface area (Å²) in [6.07, 6.45) is 4.75. The van der Waals surface area contributed by atoms with Crippen LogP contribution in [0.4, 0.5) is 0 Å². The SMILES string of the molecule is CC(C)=CCOc1c(C)cccc1CNC1CC1. The van der Waals surface area contributed by atoms with E-state index in [4.69, 9.17) is 4.74 Å². The Bertz CT molecular complexity index is 429. The maximum absolute atomic E-state index is 5.92. The van der Waals surface area contributed by atoms with Gasteiger partial charge in [-0.2, -0.15) is 0 Å². The highest BCUT2D eigenvalue weighted by Gasteiger charge is 2.20. The monoisotopic (exact) mass is 245 g/mol. The lowest BCUT2D eigenvalue weighted by atomic mass is 10.1. The first-order valence-electron chi connectivity index (χ1n) is 6.75. The average Bonchev–Trinajstić information content (AvgIpc) is 3.12. The largest absolute Gasteiger partial charge is 0.489 e. The van der Waals surface area contributed by atoms with Crippen molar-refractivity contribution in [3.63, 3.8) is 0 Å². The molecular formula is C16H23NO. The standard InChI is InChI=1S/C16H23NO/c1-12(2)9-10-18-16-13(3)5-4-6-14(16)11-17-15-7-8-15/h4-6,9,15,17H,7-8,10-11H2,1-3H3. The van der Waals surface area contributed by atoms with E-state index >= 15 is 0 Å². The highest BCUT2D eigenvalue weighted by atomic mass is 16.5. The highest BCUT2D eigenvalue weighted by molar-refractivity contribution is 5.41. The lowest BCUT2D eigenvalue weighted by Gasteiger charge is -2.13. The molecule has 0 spiro atoms. The Labute approximate surface area is 110 Å². The van der Waals surface area contributed by atoms with E-state index < -0.39 is 0 Å². The molecule has 1 aliphatic carbocycles. The van der Waals surface area contributed by atoms with Crippen LogP contribution < -0.4 is 10.1 Å². The van der Waals surface area contributed by atoms with Gasteiger partial charge in [-0.3, -0.25) is 0 Å². The Morgan fingerprint density at radius 3 is 2.83 bits per heavy atom. The fraction of sp³-hybridized carbons (Fsp3) is 0.500. The molecule has 2 rings (SSSR count). The van der Waals surface area contributed by atoms with Crippen LogP contribution in [0.15, 0.2) is 29.8 Å². The summed E-state index contributed by atoms with van der Waals surface area (Å²) < 4.78 is 5.92. The fourth-order valence-corrected chi connectivity index (χ4v) is 1.89. The zero-order chi connectivity index (χ0) is 13.0. The molecule has 0 bridgehead atoms. The number of hydrogen-bond donors (Lipinski definition) is 1. The van der Waals surface area contributed by atoms with Crippen LogP contribution in [0.25, 0.3) is 0 Å². The van der Waals surface area contributed by atoms with Crippen LogP contribution in [0, 0.1) is 6.92 Å². The predicted octanol–water partition coefficient (Wildman–Crippen LogP) is 3.59. The van der Waals surface area contributed by atoms with Crippen molar-refractivity contribution >= 4 is 0 Å². The van der Waals surface area contributed by atoms with Crippen molar-refractivity contribution in [3.05, 3.63) is 41.0 Å². The van der Waals surface area contributed by atoms with Gasteiger partial charge in [-0.15, -0.1) is 0 Å².